The minimum atomic E-state index is -0.380. The van der Waals surface area contributed by atoms with Gasteiger partial charge in [-0.15, -0.1) is 11.8 Å². The molecule has 122 valence electrons. The Kier molecular flexibility index (Phi) is 5.69. The largest absolute Gasteiger partial charge is 0.493 e. The Morgan fingerprint density at radius 2 is 1.83 bits per heavy atom. The number of carbonyl (C=O) groups excluding carboxylic acids is 1. The standard InChI is InChI=1S/C15H16N2O4S2/c1-19-10-5-8(6-11(20-2)12(10)21-3)14-17-13(18)9(7-16)15(22-4)23-14/h5-6,14H,1-4H3,(H,17,18)/t14-/m0/s1. The summed E-state index contributed by atoms with van der Waals surface area (Å²) < 4.78 is 16.7. The van der Waals surface area contributed by atoms with E-state index in [-0.39, 0.29) is 16.9 Å². The second-order valence-corrected chi connectivity index (χ2v) is 6.60. The van der Waals surface area contributed by atoms with E-state index < -0.39 is 0 Å². The summed E-state index contributed by atoms with van der Waals surface area (Å²) in [6, 6.07) is 5.52. The molecule has 1 aliphatic rings. The summed E-state index contributed by atoms with van der Waals surface area (Å²) in [5, 5.41) is 11.6. The fourth-order valence-electron chi connectivity index (χ4n) is 2.13. The second kappa shape index (κ2) is 7.53. The van der Waals surface area contributed by atoms with Gasteiger partial charge in [-0.3, -0.25) is 4.79 Å². The fraction of sp³-hybridized carbons (Fsp3) is 0.333. The van der Waals surface area contributed by atoms with Crippen LogP contribution in [0.25, 0.3) is 0 Å². The molecule has 0 unspecified atom stereocenters. The van der Waals surface area contributed by atoms with E-state index in [0.29, 0.717) is 21.5 Å². The van der Waals surface area contributed by atoms with E-state index in [1.54, 1.807) is 12.1 Å². The van der Waals surface area contributed by atoms with Crippen molar-refractivity contribution in [1.82, 2.24) is 5.32 Å². The minimum absolute atomic E-state index is 0.145. The monoisotopic (exact) mass is 352 g/mol. The smallest absolute Gasteiger partial charge is 0.264 e. The van der Waals surface area contributed by atoms with Crippen LogP contribution < -0.4 is 19.5 Å². The molecule has 0 fully saturated rings. The van der Waals surface area contributed by atoms with E-state index in [9.17, 15) is 4.79 Å². The summed E-state index contributed by atoms with van der Waals surface area (Å²) in [7, 11) is 4.61. The maximum Gasteiger partial charge on any atom is 0.264 e. The number of nitriles is 1. The van der Waals surface area contributed by atoms with Gasteiger partial charge in [0.2, 0.25) is 5.75 Å². The van der Waals surface area contributed by atoms with Crippen LogP contribution >= 0.6 is 23.5 Å². The molecule has 0 radical (unpaired) electrons. The molecule has 0 saturated carbocycles. The Hall–Kier alpha value is -1.98. The van der Waals surface area contributed by atoms with Gasteiger partial charge in [0.25, 0.3) is 5.91 Å². The second-order valence-electron chi connectivity index (χ2n) is 4.41. The predicted octanol–water partition coefficient (Wildman–Crippen LogP) is 2.67. The van der Waals surface area contributed by atoms with Gasteiger partial charge < -0.3 is 19.5 Å². The van der Waals surface area contributed by atoms with Crippen LogP contribution in [0.2, 0.25) is 0 Å². The normalized spacial score (nSPS) is 17.3. The number of hydrogen-bond donors (Lipinski definition) is 1. The molecule has 0 aliphatic carbocycles. The highest BCUT2D eigenvalue weighted by Crippen LogP contribution is 2.46. The number of rotatable bonds is 5. The van der Waals surface area contributed by atoms with Crippen molar-refractivity contribution in [2.45, 2.75) is 5.37 Å². The summed E-state index contributed by atoms with van der Waals surface area (Å²) >= 11 is 2.79. The lowest BCUT2D eigenvalue weighted by Crippen LogP contribution is -2.31. The first kappa shape index (κ1) is 17.4. The van der Waals surface area contributed by atoms with Crippen molar-refractivity contribution in [1.29, 1.82) is 5.26 Å². The Morgan fingerprint density at radius 1 is 1.22 bits per heavy atom. The Balaban J connectivity index is 2.46. The SMILES string of the molecule is COc1cc([C@H]2NC(=O)C(C#N)=C(SC)S2)cc(OC)c1OC. The number of carbonyl (C=O) groups is 1. The third-order valence-corrected chi connectivity index (χ3v) is 5.61. The molecule has 23 heavy (non-hydrogen) atoms. The molecule has 0 saturated heterocycles. The summed E-state index contributed by atoms with van der Waals surface area (Å²) in [6.45, 7) is 0. The molecule has 0 bridgehead atoms. The Bertz CT molecular complexity index is 672. The molecule has 2 rings (SSSR count). The van der Waals surface area contributed by atoms with Crippen LogP contribution in [0.3, 0.4) is 0 Å². The van der Waals surface area contributed by atoms with Gasteiger partial charge in [0, 0.05) is 0 Å². The highest BCUT2D eigenvalue weighted by molar-refractivity contribution is 8.22. The maximum absolute atomic E-state index is 12.1. The number of nitrogens with zero attached hydrogens (tertiary/aromatic N) is 1. The molecule has 8 heteroatoms. The Labute approximate surface area is 143 Å². The van der Waals surface area contributed by atoms with Crippen molar-refractivity contribution < 1.29 is 19.0 Å². The minimum Gasteiger partial charge on any atom is -0.493 e. The number of nitrogens with one attached hydrogen (secondary N) is 1. The van der Waals surface area contributed by atoms with Crippen LogP contribution in [0.1, 0.15) is 10.9 Å². The quantitative estimate of drug-likeness (QED) is 0.872. The van der Waals surface area contributed by atoms with Crippen LogP contribution in [0, 0.1) is 11.3 Å². The summed E-state index contributed by atoms with van der Waals surface area (Å²) in [5.41, 5.74) is 0.938. The van der Waals surface area contributed by atoms with Gasteiger partial charge in [-0.2, -0.15) is 5.26 Å². The third kappa shape index (κ3) is 3.35. The highest BCUT2D eigenvalue weighted by atomic mass is 32.2. The van der Waals surface area contributed by atoms with Gasteiger partial charge in [0.05, 0.1) is 25.6 Å². The molecular weight excluding hydrogens is 336 g/mol. The van der Waals surface area contributed by atoms with Crippen LogP contribution in [-0.4, -0.2) is 33.5 Å². The van der Waals surface area contributed by atoms with Gasteiger partial charge in [0.1, 0.15) is 17.0 Å². The van der Waals surface area contributed by atoms with E-state index >= 15 is 0 Å². The highest BCUT2D eigenvalue weighted by Gasteiger charge is 2.30. The van der Waals surface area contributed by atoms with Gasteiger partial charge >= 0.3 is 0 Å². The zero-order valence-electron chi connectivity index (χ0n) is 13.1. The summed E-state index contributed by atoms with van der Waals surface area (Å²) in [5.74, 6) is 1.13. The van der Waals surface area contributed by atoms with Gasteiger partial charge in [-0.05, 0) is 24.0 Å². The number of benzene rings is 1. The molecule has 1 aliphatic heterocycles. The van der Waals surface area contributed by atoms with Crippen LogP contribution in [0.4, 0.5) is 0 Å². The molecule has 1 heterocycles. The van der Waals surface area contributed by atoms with E-state index in [0.717, 1.165) is 5.56 Å². The molecule has 1 aromatic carbocycles. The van der Waals surface area contributed by atoms with Gasteiger partial charge in [-0.25, -0.2) is 0 Å². The van der Waals surface area contributed by atoms with Crippen LogP contribution in [0.15, 0.2) is 21.9 Å². The first-order valence-corrected chi connectivity index (χ1v) is 8.65. The van der Waals surface area contributed by atoms with Crippen molar-refractivity contribution in [2.24, 2.45) is 0 Å². The van der Waals surface area contributed by atoms with E-state index in [4.69, 9.17) is 19.5 Å². The molecule has 1 atom stereocenters. The fourth-order valence-corrected chi connectivity index (χ4v) is 4.05. The molecule has 1 amide bonds. The van der Waals surface area contributed by atoms with E-state index in [1.165, 1.54) is 44.9 Å². The molecular formula is C15H16N2O4S2. The summed E-state index contributed by atoms with van der Waals surface area (Å²) in [4.78, 5) is 12.1. The van der Waals surface area contributed by atoms with Crippen molar-refractivity contribution >= 4 is 29.4 Å². The lowest BCUT2D eigenvalue weighted by Gasteiger charge is -2.25. The average Bonchev–Trinajstić information content (AvgIpc) is 2.59. The predicted molar refractivity (Wildman–Crippen MR) is 90.7 cm³/mol. The number of thioether (sulfide) groups is 2. The number of methoxy groups -OCH3 is 3. The molecule has 6 nitrogen and oxygen atoms in total. The van der Waals surface area contributed by atoms with Crippen LogP contribution in [0.5, 0.6) is 17.2 Å². The summed E-state index contributed by atoms with van der Waals surface area (Å²) in [6.07, 6.45) is 1.84. The lowest BCUT2D eigenvalue weighted by atomic mass is 10.1. The first-order chi connectivity index (χ1) is 11.1. The van der Waals surface area contributed by atoms with Crippen molar-refractivity contribution in [3.05, 3.63) is 27.5 Å². The first-order valence-electron chi connectivity index (χ1n) is 6.55. The maximum atomic E-state index is 12.1. The average molecular weight is 352 g/mol. The third-order valence-electron chi connectivity index (χ3n) is 3.21. The molecule has 0 aromatic heterocycles. The zero-order chi connectivity index (χ0) is 17.0. The number of hydrogen-bond acceptors (Lipinski definition) is 7. The molecule has 1 N–H and O–H groups in total. The van der Waals surface area contributed by atoms with Crippen LogP contribution in [-0.2, 0) is 4.79 Å². The van der Waals surface area contributed by atoms with Crippen molar-refractivity contribution in [3.63, 3.8) is 0 Å². The van der Waals surface area contributed by atoms with Gasteiger partial charge in [0.15, 0.2) is 11.5 Å². The number of amides is 1. The Morgan fingerprint density at radius 3 is 2.26 bits per heavy atom. The van der Waals surface area contributed by atoms with Gasteiger partial charge in [-0.1, -0.05) is 11.8 Å². The zero-order valence-corrected chi connectivity index (χ0v) is 14.8. The molecule has 0 spiro atoms. The van der Waals surface area contributed by atoms with Crippen molar-refractivity contribution in [3.8, 4) is 23.3 Å². The number of ether oxygens (including phenoxy) is 3. The van der Waals surface area contributed by atoms with E-state index in [1.807, 2.05) is 12.3 Å². The molecule has 1 aromatic rings. The topological polar surface area (TPSA) is 80.6 Å². The van der Waals surface area contributed by atoms with Crippen molar-refractivity contribution in [2.75, 3.05) is 27.6 Å². The lowest BCUT2D eigenvalue weighted by molar-refractivity contribution is -0.117. The van der Waals surface area contributed by atoms with E-state index in [2.05, 4.69) is 5.32 Å².